The SMILES string of the molecule is C=C(CC1=NCC=C(C)C(N2CCN[C@@H](CF)C2)=C1/C(=C\C)C1CC1)c1cc(F)cc(C(C)C)c1. The first kappa shape index (κ1) is 25.6. The molecule has 0 spiro atoms. The highest BCUT2D eigenvalue weighted by Crippen LogP contribution is 2.44. The zero-order valence-electron chi connectivity index (χ0n) is 21.6. The predicted octanol–water partition coefficient (Wildman–Crippen LogP) is 6.61. The van der Waals surface area contributed by atoms with Gasteiger partial charge < -0.3 is 10.2 Å². The molecule has 1 atom stereocenters. The van der Waals surface area contributed by atoms with Crippen LogP contribution in [0.15, 0.2) is 64.3 Å². The maximum atomic E-state index is 14.5. The summed E-state index contributed by atoms with van der Waals surface area (Å²) in [6.07, 6.45) is 7.34. The van der Waals surface area contributed by atoms with Crippen LogP contribution in [0.1, 0.15) is 64.0 Å². The molecule has 1 aromatic carbocycles. The molecule has 5 heteroatoms. The van der Waals surface area contributed by atoms with Crippen LogP contribution in [0.25, 0.3) is 5.57 Å². The van der Waals surface area contributed by atoms with Crippen molar-refractivity contribution in [3.63, 3.8) is 0 Å². The summed E-state index contributed by atoms with van der Waals surface area (Å²) < 4.78 is 28.1. The summed E-state index contributed by atoms with van der Waals surface area (Å²) in [5, 5.41) is 3.29. The monoisotopic (exact) mass is 479 g/mol. The van der Waals surface area contributed by atoms with E-state index in [1.54, 1.807) is 12.1 Å². The van der Waals surface area contributed by atoms with Crippen LogP contribution in [0.3, 0.4) is 0 Å². The van der Waals surface area contributed by atoms with E-state index < -0.39 is 0 Å². The van der Waals surface area contributed by atoms with Crippen LogP contribution in [-0.2, 0) is 0 Å². The first-order chi connectivity index (χ1) is 16.8. The number of alkyl halides is 1. The lowest BCUT2D eigenvalue weighted by Crippen LogP contribution is -2.51. The Kier molecular flexibility index (Phi) is 8.05. The summed E-state index contributed by atoms with van der Waals surface area (Å²) >= 11 is 0. The number of halogens is 2. The Morgan fingerprint density at radius 3 is 2.71 bits per heavy atom. The summed E-state index contributed by atoms with van der Waals surface area (Å²) in [6.45, 7) is 15.2. The summed E-state index contributed by atoms with van der Waals surface area (Å²) in [5.41, 5.74) is 8.56. The van der Waals surface area contributed by atoms with Gasteiger partial charge in [-0.1, -0.05) is 38.6 Å². The third-order valence-electron chi connectivity index (χ3n) is 7.33. The molecule has 0 aromatic heterocycles. The van der Waals surface area contributed by atoms with E-state index in [1.165, 1.54) is 35.3 Å². The number of piperazine rings is 1. The van der Waals surface area contributed by atoms with Crippen LogP contribution in [0.5, 0.6) is 0 Å². The van der Waals surface area contributed by atoms with Gasteiger partial charge in [0.05, 0.1) is 12.6 Å². The molecule has 0 radical (unpaired) electrons. The lowest BCUT2D eigenvalue weighted by molar-refractivity contribution is 0.221. The van der Waals surface area contributed by atoms with Crippen LogP contribution < -0.4 is 5.32 Å². The van der Waals surface area contributed by atoms with Crippen molar-refractivity contribution in [1.82, 2.24) is 10.2 Å². The molecule has 1 saturated heterocycles. The van der Waals surface area contributed by atoms with Crippen molar-refractivity contribution in [1.29, 1.82) is 0 Å². The van der Waals surface area contributed by atoms with E-state index >= 15 is 0 Å². The molecule has 35 heavy (non-hydrogen) atoms. The maximum absolute atomic E-state index is 14.5. The van der Waals surface area contributed by atoms with Gasteiger partial charge in [-0.05, 0) is 78.5 Å². The minimum absolute atomic E-state index is 0.166. The normalized spacial score (nSPS) is 21.7. The smallest absolute Gasteiger partial charge is 0.124 e. The zero-order valence-corrected chi connectivity index (χ0v) is 21.6. The van der Waals surface area contributed by atoms with Crippen molar-refractivity contribution in [3.8, 4) is 0 Å². The first-order valence-corrected chi connectivity index (χ1v) is 13.0. The molecular formula is C30H39F2N3. The maximum Gasteiger partial charge on any atom is 0.124 e. The largest absolute Gasteiger partial charge is 0.368 e. The molecule has 3 aliphatic rings. The summed E-state index contributed by atoms with van der Waals surface area (Å²) in [4.78, 5) is 7.38. The van der Waals surface area contributed by atoms with Crippen molar-refractivity contribution in [3.05, 3.63) is 76.3 Å². The van der Waals surface area contributed by atoms with Crippen LogP contribution in [0, 0.1) is 11.7 Å². The molecule has 1 aromatic rings. The van der Waals surface area contributed by atoms with Crippen molar-refractivity contribution < 1.29 is 8.78 Å². The Hall–Kier alpha value is -2.53. The summed E-state index contributed by atoms with van der Waals surface area (Å²) in [7, 11) is 0. The lowest BCUT2D eigenvalue weighted by atomic mass is 9.87. The number of benzene rings is 1. The van der Waals surface area contributed by atoms with Gasteiger partial charge in [-0.15, -0.1) is 0 Å². The van der Waals surface area contributed by atoms with Gasteiger partial charge in [0.2, 0.25) is 0 Å². The molecule has 0 amide bonds. The number of nitrogens with one attached hydrogen (secondary N) is 1. The van der Waals surface area contributed by atoms with Gasteiger partial charge in [0.15, 0.2) is 0 Å². The number of aliphatic imine (C=N–C) groups is 1. The van der Waals surface area contributed by atoms with Gasteiger partial charge in [-0.2, -0.15) is 0 Å². The highest BCUT2D eigenvalue weighted by atomic mass is 19.1. The van der Waals surface area contributed by atoms with Gasteiger partial charge in [0.25, 0.3) is 0 Å². The molecule has 2 aliphatic heterocycles. The van der Waals surface area contributed by atoms with Crippen molar-refractivity contribution in [2.75, 3.05) is 32.9 Å². The fourth-order valence-electron chi connectivity index (χ4n) is 5.22. The van der Waals surface area contributed by atoms with Gasteiger partial charge in [-0.3, -0.25) is 4.99 Å². The molecule has 1 saturated carbocycles. The highest BCUT2D eigenvalue weighted by molar-refractivity contribution is 6.10. The van der Waals surface area contributed by atoms with E-state index in [-0.39, 0.29) is 24.5 Å². The minimum Gasteiger partial charge on any atom is -0.368 e. The van der Waals surface area contributed by atoms with Gasteiger partial charge in [0.1, 0.15) is 12.5 Å². The quantitative estimate of drug-likeness (QED) is 0.454. The Morgan fingerprint density at radius 1 is 1.29 bits per heavy atom. The standard InChI is InChI=1S/C30H39F2N3/c1-6-27(22-7-8-22)29-28(13-21(5)24-14-23(19(2)3)15-25(32)16-24)34-10-9-20(4)30(29)35-12-11-33-26(17-31)18-35/h6,9,14-16,19,22,26,33H,5,7-8,10-13,17-18H2,1-4H3/b27-6-/t26-/m0/s1. The lowest BCUT2D eigenvalue weighted by Gasteiger charge is -2.38. The number of hydrogen-bond acceptors (Lipinski definition) is 3. The number of hydrogen-bond donors (Lipinski definition) is 1. The van der Waals surface area contributed by atoms with Crippen LogP contribution in [0.4, 0.5) is 8.78 Å². The first-order valence-electron chi connectivity index (χ1n) is 13.0. The number of rotatable bonds is 8. The Morgan fingerprint density at radius 2 is 2.06 bits per heavy atom. The fraction of sp³-hybridized carbons (Fsp3) is 0.500. The van der Waals surface area contributed by atoms with E-state index in [0.717, 1.165) is 35.5 Å². The van der Waals surface area contributed by atoms with Crippen LogP contribution in [0.2, 0.25) is 0 Å². The second-order valence-corrected chi connectivity index (χ2v) is 10.4. The fourth-order valence-corrected chi connectivity index (χ4v) is 5.22. The average Bonchev–Trinajstić information content (AvgIpc) is 3.69. The van der Waals surface area contributed by atoms with E-state index in [9.17, 15) is 8.78 Å². The highest BCUT2D eigenvalue weighted by Gasteiger charge is 2.34. The number of nitrogens with zero attached hydrogens (tertiary/aromatic N) is 2. The van der Waals surface area contributed by atoms with Crippen molar-refractivity contribution in [2.24, 2.45) is 10.9 Å². The van der Waals surface area contributed by atoms with Crippen molar-refractivity contribution in [2.45, 2.75) is 58.9 Å². The van der Waals surface area contributed by atoms with E-state index in [4.69, 9.17) is 4.99 Å². The third kappa shape index (κ3) is 5.83. The topological polar surface area (TPSA) is 27.6 Å². The zero-order chi connectivity index (χ0) is 25.1. The Balaban J connectivity index is 1.76. The summed E-state index contributed by atoms with van der Waals surface area (Å²) in [6, 6.07) is 5.08. The molecule has 1 N–H and O–H groups in total. The summed E-state index contributed by atoms with van der Waals surface area (Å²) in [5.74, 6) is 0.548. The second-order valence-electron chi connectivity index (χ2n) is 10.4. The predicted molar refractivity (Wildman–Crippen MR) is 143 cm³/mol. The number of allylic oxidation sites excluding steroid dienone is 5. The molecule has 2 fully saturated rings. The molecule has 0 bridgehead atoms. The molecule has 1 aliphatic carbocycles. The van der Waals surface area contributed by atoms with Crippen LogP contribution >= 0.6 is 0 Å². The molecular weight excluding hydrogens is 440 g/mol. The Bertz CT molecular complexity index is 1090. The average molecular weight is 480 g/mol. The van der Waals surface area contributed by atoms with E-state index in [1.807, 2.05) is 0 Å². The molecule has 188 valence electrons. The molecule has 2 heterocycles. The Labute approximate surface area is 209 Å². The van der Waals surface area contributed by atoms with Crippen molar-refractivity contribution >= 4 is 11.3 Å². The molecule has 4 rings (SSSR count). The van der Waals surface area contributed by atoms with Crippen LogP contribution in [-0.4, -0.2) is 49.5 Å². The van der Waals surface area contributed by atoms with Gasteiger partial charge >= 0.3 is 0 Å². The van der Waals surface area contributed by atoms with E-state index in [2.05, 4.69) is 62.7 Å². The van der Waals surface area contributed by atoms with Gasteiger partial charge in [-0.25, -0.2) is 8.78 Å². The van der Waals surface area contributed by atoms with Gasteiger partial charge in [0, 0.05) is 43.0 Å². The second kappa shape index (κ2) is 11.0. The minimum atomic E-state index is -0.378. The molecule has 3 nitrogen and oxygen atoms in total. The third-order valence-corrected chi connectivity index (χ3v) is 7.33. The van der Waals surface area contributed by atoms with E-state index in [0.29, 0.717) is 25.4 Å². The molecule has 0 unspecified atom stereocenters.